The van der Waals surface area contributed by atoms with E-state index < -0.39 is 5.82 Å². The topological polar surface area (TPSA) is 54.0 Å². The maximum Gasteiger partial charge on any atom is 0.274 e. The van der Waals surface area contributed by atoms with Crippen LogP contribution in [0.25, 0.3) is 0 Å². The van der Waals surface area contributed by atoms with Crippen molar-refractivity contribution in [1.29, 1.82) is 0 Å². The Labute approximate surface area is 156 Å². The summed E-state index contributed by atoms with van der Waals surface area (Å²) in [5, 5.41) is 6.58. The van der Waals surface area contributed by atoms with E-state index >= 15 is 0 Å². The highest BCUT2D eigenvalue weighted by Crippen LogP contribution is 2.13. The number of benzene rings is 2. The lowest BCUT2D eigenvalue weighted by atomic mass is 10.1. The number of anilines is 2. The molecule has 1 heterocycles. The number of hydrogen-bond acceptors (Lipinski definition) is 3. The third kappa shape index (κ3) is 5.04. The van der Waals surface area contributed by atoms with Crippen LogP contribution in [0.1, 0.15) is 16.1 Å². The molecule has 6 heteroatoms. The smallest absolute Gasteiger partial charge is 0.274 e. The van der Waals surface area contributed by atoms with Crippen LogP contribution in [-0.2, 0) is 6.42 Å². The molecule has 0 atom stereocenters. The summed E-state index contributed by atoms with van der Waals surface area (Å²) in [6, 6.07) is 16.8. The summed E-state index contributed by atoms with van der Waals surface area (Å²) < 4.78 is 13.2. The van der Waals surface area contributed by atoms with Gasteiger partial charge in [-0.25, -0.2) is 9.37 Å². The van der Waals surface area contributed by atoms with Gasteiger partial charge < -0.3 is 10.6 Å². The molecule has 0 unspecified atom stereocenters. The molecule has 2 aromatic carbocycles. The Balaban J connectivity index is 1.53. The fourth-order valence-electron chi connectivity index (χ4n) is 2.44. The van der Waals surface area contributed by atoms with Gasteiger partial charge in [-0.2, -0.15) is 0 Å². The zero-order valence-corrected chi connectivity index (χ0v) is 14.6. The van der Waals surface area contributed by atoms with Crippen molar-refractivity contribution in [3.05, 3.63) is 89.0 Å². The molecule has 4 nitrogen and oxygen atoms in total. The van der Waals surface area contributed by atoms with Gasteiger partial charge in [-0.15, -0.1) is 0 Å². The van der Waals surface area contributed by atoms with Crippen LogP contribution in [0.5, 0.6) is 0 Å². The number of pyridine rings is 1. The number of halogens is 2. The molecule has 26 heavy (non-hydrogen) atoms. The number of carbonyl (C=O) groups is 1. The fraction of sp³-hybridized carbons (Fsp3) is 0.100. The van der Waals surface area contributed by atoms with E-state index in [9.17, 15) is 9.18 Å². The monoisotopic (exact) mass is 369 g/mol. The van der Waals surface area contributed by atoms with Crippen molar-refractivity contribution in [3.8, 4) is 0 Å². The molecule has 1 aromatic heterocycles. The second-order valence-electron chi connectivity index (χ2n) is 5.70. The highest BCUT2D eigenvalue weighted by atomic mass is 35.5. The Bertz CT molecular complexity index is 900. The fourth-order valence-corrected chi connectivity index (χ4v) is 2.65. The maximum absolute atomic E-state index is 13.2. The lowest BCUT2D eigenvalue weighted by Crippen LogP contribution is -2.14. The zero-order valence-electron chi connectivity index (χ0n) is 13.9. The molecule has 1 amide bonds. The van der Waals surface area contributed by atoms with Gasteiger partial charge in [0.2, 0.25) is 0 Å². The van der Waals surface area contributed by atoms with Gasteiger partial charge in [0.25, 0.3) is 5.91 Å². The molecule has 0 radical (unpaired) electrons. The minimum absolute atomic E-state index is 0.259. The summed E-state index contributed by atoms with van der Waals surface area (Å²) >= 11 is 5.97. The Hall–Kier alpha value is -2.92. The number of amides is 1. The minimum Gasteiger partial charge on any atom is -0.383 e. The highest BCUT2D eigenvalue weighted by Gasteiger charge is 2.08. The van der Waals surface area contributed by atoms with Crippen LogP contribution in [0, 0.1) is 5.82 Å². The van der Waals surface area contributed by atoms with E-state index in [4.69, 9.17) is 11.6 Å². The normalized spacial score (nSPS) is 10.4. The summed E-state index contributed by atoms with van der Waals surface area (Å²) in [5.74, 6) is -0.795. The van der Waals surface area contributed by atoms with E-state index in [-0.39, 0.29) is 11.6 Å². The molecular formula is C20H17ClFN3O. The maximum atomic E-state index is 13.2. The molecule has 3 rings (SSSR count). The molecule has 0 aliphatic rings. The standard InChI is InChI=1S/C20H17ClFN3O/c21-15-4-1-3-14(11-15)9-10-23-18-7-8-19(24-13-18)20(26)25-17-6-2-5-16(22)12-17/h1-8,11-13,23H,9-10H2,(H,25,26). The van der Waals surface area contributed by atoms with Gasteiger partial charge >= 0.3 is 0 Å². The van der Waals surface area contributed by atoms with E-state index in [1.54, 1.807) is 24.4 Å². The third-order valence-corrected chi connectivity index (χ3v) is 3.95. The number of nitrogens with one attached hydrogen (secondary N) is 2. The van der Waals surface area contributed by atoms with Gasteiger partial charge in [0.05, 0.1) is 11.9 Å². The average Bonchev–Trinajstić information content (AvgIpc) is 2.62. The Kier molecular flexibility index (Phi) is 5.81. The molecule has 3 aromatic rings. The highest BCUT2D eigenvalue weighted by molar-refractivity contribution is 6.30. The molecule has 0 spiro atoms. The van der Waals surface area contributed by atoms with Crippen molar-refractivity contribution in [2.45, 2.75) is 6.42 Å². The van der Waals surface area contributed by atoms with Crippen molar-refractivity contribution in [2.75, 3.05) is 17.2 Å². The van der Waals surface area contributed by atoms with Gasteiger partial charge in [-0.3, -0.25) is 4.79 Å². The minimum atomic E-state index is -0.407. The molecule has 132 valence electrons. The van der Waals surface area contributed by atoms with Crippen molar-refractivity contribution in [2.24, 2.45) is 0 Å². The molecule has 2 N–H and O–H groups in total. The van der Waals surface area contributed by atoms with E-state index in [0.717, 1.165) is 29.2 Å². The number of carbonyl (C=O) groups excluding carboxylic acids is 1. The quantitative estimate of drug-likeness (QED) is 0.657. The first kappa shape index (κ1) is 17.9. The van der Waals surface area contributed by atoms with Crippen molar-refractivity contribution in [1.82, 2.24) is 4.98 Å². The SMILES string of the molecule is O=C(Nc1cccc(F)c1)c1ccc(NCCc2cccc(Cl)c2)cn1. The van der Waals surface area contributed by atoms with E-state index in [2.05, 4.69) is 15.6 Å². The van der Waals surface area contributed by atoms with Gasteiger partial charge in [-0.05, 0) is 54.4 Å². The molecule has 0 saturated carbocycles. The molecule has 0 saturated heterocycles. The summed E-state index contributed by atoms with van der Waals surface area (Å²) in [7, 11) is 0. The first-order chi connectivity index (χ1) is 12.6. The van der Waals surface area contributed by atoms with Crippen LogP contribution < -0.4 is 10.6 Å². The van der Waals surface area contributed by atoms with Crippen LogP contribution in [0.2, 0.25) is 5.02 Å². The predicted octanol–water partition coefficient (Wildman–Crippen LogP) is 4.78. The van der Waals surface area contributed by atoms with E-state index in [0.29, 0.717) is 5.69 Å². The largest absolute Gasteiger partial charge is 0.383 e. The number of nitrogens with zero attached hydrogens (tertiary/aromatic N) is 1. The van der Waals surface area contributed by atoms with Crippen molar-refractivity contribution >= 4 is 28.9 Å². The first-order valence-electron chi connectivity index (χ1n) is 8.11. The van der Waals surface area contributed by atoms with Gasteiger partial charge in [-0.1, -0.05) is 29.8 Å². The number of rotatable bonds is 6. The zero-order chi connectivity index (χ0) is 18.4. The number of aromatic nitrogens is 1. The van der Waals surface area contributed by atoms with Crippen LogP contribution in [-0.4, -0.2) is 17.4 Å². The van der Waals surface area contributed by atoms with Crippen LogP contribution in [0.4, 0.5) is 15.8 Å². The summed E-state index contributed by atoms with van der Waals surface area (Å²) in [6.07, 6.45) is 2.42. The average molecular weight is 370 g/mol. The Morgan fingerprint density at radius 2 is 1.88 bits per heavy atom. The first-order valence-corrected chi connectivity index (χ1v) is 8.49. The lowest BCUT2D eigenvalue weighted by molar-refractivity contribution is 0.102. The Morgan fingerprint density at radius 3 is 2.62 bits per heavy atom. The summed E-state index contributed by atoms with van der Waals surface area (Å²) in [6.45, 7) is 0.719. The molecule has 0 aliphatic heterocycles. The second-order valence-corrected chi connectivity index (χ2v) is 6.14. The van der Waals surface area contributed by atoms with Crippen LogP contribution >= 0.6 is 11.6 Å². The molecule has 0 fully saturated rings. The summed E-state index contributed by atoms with van der Waals surface area (Å²) in [4.78, 5) is 16.3. The van der Waals surface area contributed by atoms with E-state index in [1.165, 1.54) is 18.2 Å². The molecule has 0 aliphatic carbocycles. The summed E-state index contributed by atoms with van der Waals surface area (Å²) in [5.41, 5.74) is 2.61. The predicted molar refractivity (Wildman–Crippen MR) is 102 cm³/mol. The molecular weight excluding hydrogens is 353 g/mol. The van der Waals surface area contributed by atoms with Crippen LogP contribution in [0.3, 0.4) is 0 Å². The van der Waals surface area contributed by atoms with Gasteiger partial charge in [0, 0.05) is 17.3 Å². The molecule has 0 bridgehead atoms. The Morgan fingerprint density at radius 1 is 1.04 bits per heavy atom. The third-order valence-electron chi connectivity index (χ3n) is 3.71. The van der Waals surface area contributed by atoms with Crippen molar-refractivity contribution in [3.63, 3.8) is 0 Å². The number of hydrogen-bond donors (Lipinski definition) is 2. The van der Waals surface area contributed by atoms with E-state index in [1.807, 2.05) is 24.3 Å². The second kappa shape index (κ2) is 8.45. The van der Waals surface area contributed by atoms with Gasteiger partial charge in [0.15, 0.2) is 0 Å². The van der Waals surface area contributed by atoms with Crippen molar-refractivity contribution < 1.29 is 9.18 Å². The van der Waals surface area contributed by atoms with Gasteiger partial charge in [0.1, 0.15) is 11.5 Å². The lowest BCUT2D eigenvalue weighted by Gasteiger charge is -2.08. The van der Waals surface area contributed by atoms with Crippen LogP contribution in [0.15, 0.2) is 66.9 Å².